The van der Waals surface area contributed by atoms with Gasteiger partial charge in [-0.1, -0.05) is 53.5 Å². The lowest BCUT2D eigenvalue weighted by atomic mass is 9.96. The van der Waals surface area contributed by atoms with Gasteiger partial charge in [-0.25, -0.2) is 0 Å². The molecule has 1 fully saturated rings. The zero-order valence-corrected chi connectivity index (χ0v) is 13.1. The van der Waals surface area contributed by atoms with Gasteiger partial charge in [0.05, 0.1) is 11.1 Å². The van der Waals surface area contributed by atoms with E-state index in [1.807, 2.05) is 24.3 Å². The Balaban J connectivity index is 2.11. The number of benzene rings is 2. The van der Waals surface area contributed by atoms with Gasteiger partial charge >= 0.3 is 0 Å². The van der Waals surface area contributed by atoms with E-state index in [0.717, 1.165) is 24.2 Å². The Hall–Kier alpha value is -1.22. The normalized spacial score (nSPS) is 17.0. The monoisotopic (exact) mass is 321 g/mol. The molecule has 0 amide bonds. The highest BCUT2D eigenvalue weighted by Crippen LogP contribution is 2.41. The molecule has 0 spiro atoms. The van der Waals surface area contributed by atoms with E-state index in [2.05, 4.69) is 17.0 Å². The molecule has 0 aromatic heterocycles. The van der Waals surface area contributed by atoms with Gasteiger partial charge in [-0.15, -0.1) is 0 Å². The van der Waals surface area contributed by atoms with Crippen LogP contribution in [0.3, 0.4) is 0 Å². The van der Waals surface area contributed by atoms with Crippen molar-refractivity contribution in [3.63, 3.8) is 0 Å². The Morgan fingerprint density at radius 3 is 2.33 bits per heavy atom. The van der Waals surface area contributed by atoms with Crippen LogP contribution in [0.5, 0.6) is 5.75 Å². The Kier molecular flexibility index (Phi) is 4.39. The number of rotatable bonds is 3. The summed E-state index contributed by atoms with van der Waals surface area (Å²) in [6.07, 6.45) is 2.36. The molecule has 1 aliphatic heterocycles. The average molecular weight is 322 g/mol. The molecule has 110 valence electrons. The number of phenols is 1. The molecule has 2 aromatic carbocycles. The highest BCUT2D eigenvalue weighted by atomic mass is 35.5. The van der Waals surface area contributed by atoms with Crippen LogP contribution in [0.25, 0.3) is 0 Å². The molecule has 4 heteroatoms. The van der Waals surface area contributed by atoms with Crippen molar-refractivity contribution in [2.75, 3.05) is 13.1 Å². The molecule has 0 unspecified atom stereocenters. The van der Waals surface area contributed by atoms with Gasteiger partial charge in [-0.05, 0) is 43.6 Å². The summed E-state index contributed by atoms with van der Waals surface area (Å²) in [5, 5.41) is 11.2. The summed E-state index contributed by atoms with van der Waals surface area (Å²) >= 11 is 12.3. The van der Waals surface area contributed by atoms with E-state index in [9.17, 15) is 5.11 Å². The third-order valence-corrected chi connectivity index (χ3v) is 4.48. The van der Waals surface area contributed by atoms with Crippen LogP contribution in [0.1, 0.15) is 30.0 Å². The number of aromatic hydroxyl groups is 1. The minimum absolute atomic E-state index is 0.00935. The van der Waals surface area contributed by atoms with E-state index in [1.165, 1.54) is 12.8 Å². The first-order valence-corrected chi connectivity index (χ1v) is 7.89. The lowest BCUT2D eigenvalue weighted by molar-refractivity contribution is 0.275. The third kappa shape index (κ3) is 3.03. The van der Waals surface area contributed by atoms with Gasteiger partial charge in [0.25, 0.3) is 0 Å². The molecular weight excluding hydrogens is 305 g/mol. The van der Waals surface area contributed by atoms with E-state index in [4.69, 9.17) is 23.2 Å². The van der Waals surface area contributed by atoms with Crippen molar-refractivity contribution in [2.45, 2.75) is 18.9 Å². The molecule has 1 atom stereocenters. The topological polar surface area (TPSA) is 23.5 Å². The second-order valence-electron chi connectivity index (χ2n) is 5.38. The van der Waals surface area contributed by atoms with Gasteiger partial charge in [0.15, 0.2) is 0 Å². The SMILES string of the molecule is Oc1c(Cl)cc(Cl)cc1[C@@H](c1ccccc1)N1CCCC1. The summed E-state index contributed by atoms with van der Waals surface area (Å²) in [5.41, 5.74) is 1.92. The Bertz CT molecular complexity index is 624. The van der Waals surface area contributed by atoms with Crippen LogP contribution in [-0.2, 0) is 0 Å². The fourth-order valence-electron chi connectivity index (χ4n) is 3.02. The summed E-state index contributed by atoms with van der Waals surface area (Å²) in [7, 11) is 0. The number of likely N-dealkylation sites (tertiary alicyclic amines) is 1. The standard InChI is InChI=1S/C17H17Cl2NO/c18-13-10-14(17(21)15(19)11-13)16(20-8-4-5-9-20)12-6-2-1-3-7-12/h1-3,6-7,10-11,16,21H,4-5,8-9H2/t16-/m1/s1. The van der Waals surface area contributed by atoms with Crippen molar-refractivity contribution < 1.29 is 5.11 Å². The molecule has 1 saturated heterocycles. The molecule has 0 saturated carbocycles. The smallest absolute Gasteiger partial charge is 0.139 e. The summed E-state index contributed by atoms with van der Waals surface area (Å²) in [4.78, 5) is 2.37. The third-order valence-electron chi connectivity index (χ3n) is 3.97. The quantitative estimate of drug-likeness (QED) is 0.870. The predicted molar refractivity (Wildman–Crippen MR) is 87.2 cm³/mol. The van der Waals surface area contributed by atoms with Crippen molar-refractivity contribution in [3.05, 3.63) is 63.6 Å². The molecule has 1 heterocycles. The summed E-state index contributed by atoms with van der Waals surface area (Å²) in [5.74, 6) is 0.127. The zero-order valence-electron chi connectivity index (χ0n) is 11.6. The van der Waals surface area contributed by atoms with Crippen molar-refractivity contribution in [1.82, 2.24) is 4.90 Å². The molecule has 2 aromatic rings. The van der Waals surface area contributed by atoms with E-state index < -0.39 is 0 Å². The van der Waals surface area contributed by atoms with Crippen LogP contribution in [-0.4, -0.2) is 23.1 Å². The first kappa shape index (κ1) is 14.7. The number of phenolic OH excluding ortho intramolecular Hbond substituents is 1. The van der Waals surface area contributed by atoms with Gasteiger partial charge in [-0.3, -0.25) is 4.90 Å². The Morgan fingerprint density at radius 1 is 1.00 bits per heavy atom. The lowest BCUT2D eigenvalue weighted by Crippen LogP contribution is -2.26. The van der Waals surface area contributed by atoms with Gasteiger partial charge < -0.3 is 5.11 Å². The highest BCUT2D eigenvalue weighted by Gasteiger charge is 2.28. The van der Waals surface area contributed by atoms with Crippen molar-refractivity contribution in [3.8, 4) is 5.75 Å². The zero-order chi connectivity index (χ0) is 14.8. The minimum atomic E-state index is -0.00935. The van der Waals surface area contributed by atoms with Crippen LogP contribution in [0.2, 0.25) is 10.0 Å². The van der Waals surface area contributed by atoms with Crippen molar-refractivity contribution in [1.29, 1.82) is 0 Å². The maximum absolute atomic E-state index is 10.4. The Labute approximate surface area is 134 Å². The second-order valence-corrected chi connectivity index (χ2v) is 6.23. The van der Waals surface area contributed by atoms with Gasteiger partial charge in [0.1, 0.15) is 5.75 Å². The fourth-order valence-corrected chi connectivity index (χ4v) is 3.53. The summed E-state index contributed by atoms with van der Waals surface area (Å²) in [6.45, 7) is 2.03. The predicted octanol–water partition coefficient (Wildman–Crippen LogP) is 4.88. The number of hydrogen-bond donors (Lipinski definition) is 1. The molecule has 21 heavy (non-hydrogen) atoms. The highest BCUT2D eigenvalue weighted by molar-refractivity contribution is 6.35. The van der Waals surface area contributed by atoms with E-state index in [0.29, 0.717) is 10.0 Å². The van der Waals surface area contributed by atoms with Crippen LogP contribution >= 0.6 is 23.2 Å². The van der Waals surface area contributed by atoms with Crippen molar-refractivity contribution >= 4 is 23.2 Å². The number of hydrogen-bond acceptors (Lipinski definition) is 2. The number of halogens is 2. The maximum Gasteiger partial charge on any atom is 0.139 e. The Morgan fingerprint density at radius 2 is 1.67 bits per heavy atom. The maximum atomic E-state index is 10.4. The molecule has 0 bridgehead atoms. The molecule has 0 aliphatic carbocycles. The van der Waals surface area contributed by atoms with Crippen molar-refractivity contribution in [2.24, 2.45) is 0 Å². The van der Waals surface area contributed by atoms with Crippen LogP contribution in [0.15, 0.2) is 42.5 Å². The molecular formula is C17H17Cl2NO. The van der Waals surface area contributed by atoms with Crippen LogP contribution in [0.4, 0.5) is 0 Å². The van der Waals surface area contributed by atoms with E-state index in [-0.39, 0.29) is 11.8 Å². The summed E-state index contributed by atoms with van der Waals surface area (Å²) < 4.78 is 0. The van der Waals surface area contributed by atoms with Gasteiger partial charge in [-0.2, -0.15) is 0 Å². The van der Waals surface area contributed by atoms with Crippen LogP contribution < -0.4 is 0 Å². The molecule has 2 nitrogen and oxygen atoms in total. The van der Waals surface area contributed by atoms with E-state index >= 15 is 0 Å². The van der Waals surface area contributed by atoms with Crippen LogP contribution in [0, 0.1) is 0 Å². The largest absolute Gasteiger partial charge is 0.506 e. The number of nitrogens with zero attached hydrogens (tertiary/aromatic N) is 1. The van der Waals surface area contributed by atoms with Gasteiger partial charge in [0.2, 0.25) is 0 Å². The minimum Gasteiger partial charge on any atom is -0.506 e. The van der Waals surface area contributed by atoms with Gasteiger partial charge in [0, 0.05) is 10.6 Å². The first-order valence-electron chi connectivity index (χ1n) is 7.13. The molecule has 1 aliphatic rings. The lowest BCUT2D eigenvalue weighted by Gasteiger charge is -2.29. The first-order chi connectivity index (χ1) is 10.2. The fraction of sp³-hybridized carbons (Fsp3) is 0.294. The average Bonchev–Trinajstić information content (AvgIpc) is 2.99. The molecule has 0 radical (unpaired) electrons. The van der Waals surface area contributed by atoms with E-state index in [1.54, 1.807) is 6.07 Å². The molecule has 1 N–H and O–H groups in total. The second kappa shape index (κ2) is 6.27. The summed E-state index contributed by atoms with van der Waals surface area (Å²) in [6, 6.07) is 13.6. The molecule has 3 rings (SSSR count).